The van der Waals surface area contributed by atoms with Gasteiger partial charge in [-0.15, -0.1) is 0 Å². The molecule has 0 saturated heterocycles. The number of nitrogens with zero attached hydrogens (tertiary/aromatic N) is 1. The Kier molecular flexibility index (Phi) is 3.05. The van der Waals surface area contributed by atoms with Crippen molar-refractivity contribution in [3.05, 3.63) is 66.4 Å². The molecule has 2 aromatic carbocycles. The van der Waals surface area contributed by atoms with Gasteiger partial charge in [-0.25, -0.2) is 9.78 Å². The van der Waals surface area contributed by atoms with Crippen molar-refractivity contribution >= 4 is 16.7 Å². The molecule has 0 aliphatic heterocycles. The maximum absolute atomic E-state index is 11.1. The van der Waals surface area contributed by atoms with E-state index >= 15 is 0 Å². The number of para-hydroxylation sites is 1. The zero-order valence-electron chi connectivity index (χ0n) is 10.5. The highest BCUT2D eigenvalue weighted by atomic mass is 16.5. The van der Waals surface area contributed by atoms with Crippen LogP contribution in [0.2, 0.25) is 0 Å². The molecular formula is C16H11NO3. The van der Waals surface area contributed by atoms with Crippen LogP contribution >= 0.6 is 0 Å². The van der Waals surface area contributed by atoms with Crippen LogP contribution < -0.4 is 4.74 Å². The maximum atomic E-state index is 11.1. The molecule has 0 unspecified atom stereocenters. The predicted molar refractivity (Wildman–Crippen MR) is 75.2 cm³/mol. The van der Waals surface area contributed by atoms with Gasteiger partial charge in [-0.3, -0.25) is 0 Å². The average Bonchev–Trinajstić information content (AvgIpc) is 2.48. The minimum atomic E-state index is -0.971. The molecular weight excluding hydrogens is 254 g/mol. The summed E-state index contributed by atoms with van der Waals surface area (Å²) in [6.45, 7) is 0. The Hall–Kier alpha value is -2.88. The number of carboxylic acid groups (broad SMARTS) is 1. The fourth-order valence-corrected chi connectivity index (χ4v) is 1.96. The minimum Gasteiger partial charge on any atom is -0.478 e. The van der Waals surface area contributed by atoms with E-state index in [0.717, 1.165) is 5.39 Å². The van der Waals surface area contributed by atoms with Crippen LogP contribution in [0.25, 0.3) is 10.8 Å². The normalized spacial score (nSPS) is 10.4. The van der Waals surface area contributed by atoms with Crippen molar-refractivity contribution in [3.63, 3.8) is 0 Å². The quantitative estimate of drug-likeness (QED) is 0.784. The first-order valence-corrected chi connectivity index (χ1v) is 6.09. The molecule has 98 valence electrons. The minimum absolute atomic E-state index is 0.211. The lowest BCUT2D eigenvalue weighted by atomic mass is 10.1. The van der Waals surface area contributed by atoms with Crippen LogP contribution in [-0.4, -0.2) is 16.1 Å². The van der Waals surface area contributed by atoms with Gasteiger partial charge in [-0.2, -0.15) is 0 Å². The highest BCUT2D eigenvalue weighted by Gasteiger charge is 2.09. The molecule has 0 atom stereocenters. The number of ether oxygens (including phenoxy) is 1. The molecule has 0 saturated carbocycles. The number of aromatic nitrogens is 1. The molecule has 0 aliphatic rings. The van der Waals surface area contributed by atoms with Gasteiger partial charge in [0.05, 0.1) is 5.56 Å². The number of pyridine rings is 1. The number of aromatic carboxylic acids is 1. The second-order valence-electron chi connectivity index (χ2n) is 4.27. The highest BCUT2D eigenvalue weighted by Crippen LogP contribution is 2.28. The number of rotatable bonds is 3. The van der Waals surface area contributed by atoms with Gasteiger partial charge in [-0.1, -0.05) is 24.3 Å². The molecule has 1 aromatic heterocycles. The number of benzene rings is 2. The van der Waals surface area contributed by atoms with E-state index in [1.165, 1.54) is 0 Å². The van der Waals surface area contributed by atoms with Crippen LogP contribution in [0.4, 0.5) is 0 Å². The van der Waals surface area contributed by atoms with Crippen LogP contribution in [0, 0.1) is 0 Å². The van der Waals surface area contributed by atoms with Gasteiger partial charge in [0.2, 0.25) is 5.88 Å². The van der Waals surface area contributed by atoms with E-state index in [9.17, 15) is 4.79 Å². The van der Waals surface area contributed by atoms with Crippen LogP contribution in [0.3, 0.4) is 0 Å². The summed E-state index contributed by atoms with van der Waals surface area (Å²) in [7, 11) is 0. The fraction of sp³-hybridized carbons (Fsp3) is 0. The Bertz CT molecular complexity index is 769. The van der Waals surface area contributed by atoms with Crippen molar-refractivity contribution in [2.75, 3.05) is 0 Å². The van der Waals surface area contributed by atoms with E-state index in [2.05, 4.69) is 4.98 Å². The van der Waals surface area contributed by atoms with Gasteiger partial charge >= 0.3 is 5.97 Å². The van der Waals surface area contributed by atoms with E-state index in [1.807, 2.05) is 36.4 Å². The molecule has 4 heteroatoms. The largest absolute Gasteiger partial charge is 0.478 e. The Balaban J connectivity index is 2.10. The molecule has 3 aromatic rings. The zero-order valence-corrected chi connectivity index (χ0v) is 10.5. The average molecular weight is 265 g/mol. The third kappa shape index (κ3) is 2.31. The first-order valence-electron chi connectivity index (χ1n) is 6.09. The van der Waals surface area contributed by atoms with E-state index in [4.69, 9.17) is 9.84 Å². The lowest BCUT2D eigenvalue weighted by Gasteiger charge is -2.08. The molecule has 3 rings (SSSR count). The zero-order chi connectivity index (χ0) is 13.9. The van der Waals surface area contributed by atoms with Crippen molar-refractivity contribution in [3.8, 4) is 11.6 Å². The van der Waals surface area contributed by atoms with Crippen molar-refractivity contribution in [1.29, 1.82) is 0 Å². The predicted octanol–water partition coefficient (Wildman–Crippen LogP) is 3.73. The Labute approximate surface area is 115 Å². The Morgan fingerprint density at radius 2 is 1.85 bits per heavy atom. The van der Waals surface area contributed by atoms with Gasteiger partial charge in [0.25, 0.3) is 0 Å². The molecule has 0 aliphatic carbocycles. The van der Waals surface area contributed by atoms with Crippen molar-refractivity contribution in [2.24, 2.45) is 0 Å². The summed E-state index contributed by atoms with van der Waals surface area (Å²) in [4.78, 5) is 15.2. The number of hydrogen-bond acceptors (Lipinski definition) is 3. The lowest BCUT2D eigenvalue weighted by molar-refractivity contribution is 0.0697. The standard InChI is InChI=1S/C16H11NO3/c18-16(19)12-7-6-11-8-9-17-15(14(11)10-12)20-13-4-2-1-3-5-13/h1-10H,(H,18,19). The summed E-state index contributed by atoms with van der Waals surface area (Å²) in [6.07, 6.45) is 1.64. The van der Waals surface area contributed by atoms with Crippen LogP contribution in [0.5, 0.6) is 11.6 Å². The molecule has 0 bridgehead atoms. The Morgan fingerprint density at radius 1 is 1.05 bits per heavy atom. The van der Waals surface area contributed by atoms with Crippen LogP contribution in [0.1, 0.15) is 10.4 Å². The number of carboxylic acids is 1. The fourth-order valence-electron chi connectivity index (χ4n) is 1.96. The number of hydrogen-bond donors (Lipinski definition) is 1. The smallest absolute Gasteiger partial charge is 0.335 e. The van der Waals surface area contributed by atoms with Crippen molar-refractivity contribution in [2.45, 2.75) is 0 Å². The van der Waals surface area contributed by atoms with Gasteiger partial charge in [0, 0.05) is 11.6 Å². The molecule has 4 nitrogen and oxygen atoms in total. The first-order chi connectivity index (χ1) is 9.74. The van der Waals surface area contributed by atoms with Gasteiger partial charge < -0.3 is 9.84 Å². The summed E-state index contributed by atoms with van der Waals surface area (Å²) in [5.41, 5.74) is 0.211. The van der Waals surface area contributed by atoms with Crippen LogP contribution in [-0.2, 0) is 0 Å². The Morgan fingerprint density at radius 3 is 2.60 bits per heavy atom. The molecule has 0 fully saturated rings. The summed E-state index contributed by atoms with van der Waals surface area (Å²) >= 11 is 0. The molecule has 1 N–H and O–H groups in total. The van der Waals surface area contributed by atoms with Gasteiger partial charge in [0.15, 0.2) is 0 Å². The maximum Gasteiger partial charge on any atom is 0.335 e. The third-order valence-corrected chi connectivity index (χ3v) is 2.93. The van der Waals surface area contributed by atoms with Gasteiger partial charge in [0.1, 0.15) is 5.75 Å². The summed E-state index contributed by atoms with van der Waals surface area (Å²) < 4.78 is 5.72. The van der Waals surface area contributed by atoms with E-state index in [0.29, 0.717) is 17.0 Å². The SMILES string of the molecule is O=C(O)c1ccc2ccnc(Oc3ccccc3)c2c1. The highest BCUT2D eigenvalue weighted by molar-refractivity contribution is 5.96. The number of fused-ring (bicyclic) bond motifs is 1. The molecule has 0 amide bonds. The van der Waals surface area contributed by atoms with E-state index in [1.54, 1.807) is 24.4 Å². The molecule has 0 radical (unpaired) electrons. The lowest BCUT2D eigenvalue weighted by Crippen LogP contribution is -1.96. The first kappa shape index (κ1) is 12.2. The molecule has 0 spiro atoms. The topological polar surface area (TPSA) is 59.4 Å². The monoisotopic (exact) mass is 265 g/mol. The second-order valence-corrected chi connectivity index (χ2v) is 4.27. The third-order valence-electron chi connectivity index (χ3n) is 2.93. The summed E-state index contributed by atoms with van der Waals surface area (Å²) in [5, 5.41) is 10.6. The van der Waals surface area contributed by atoms with Crippen molar-refractivity contribution < 1.29 is 14.6 Å². The van der Waals surface area contributed by atoms with Crippen molar-refractivity contribution in [1.82, 2.24) is 4.98 Å². The summed E-state index contributed by atoms with van der Waals surface area (Å²) in [6, 6.07) is 16.0. The summed E-state index contributed by atoms with van der Waals surface area (Å²) in [5.74, 6) is 0.0893. The van der Waals surface area contributed by atoms with Gasteiger partial charge in [-0.05, 0) is 35.7 Å². The molecule has 1 heterocycles. The number of carbonyl (C=O) groups is 1. The van der Waals surface area contributed by atoms with Crippen LogP contribution in [0.15, 0.2) is 60.8 Å². The van der Waals surface area contributed by atoms with E-state index in [-0.39, 0.29) is 5.56 Å². The van der Waals surface area contributed by atoms with E-state index < -0.39 is 5.97 Å². The molecule has 20 heavy (non-hydrogen) atoms. The second kappa shape index (κ2) is 5.01.